The normalized spacial score (nSPS) is 14.8. The van der Waals surface area contributed by atoms with E-state index in [0.29, 0.717) is 34.5 Å². The van der Waals surface area contributed by atoms with Gasteiger partial charge in [-0.15, -0.1) is 24.8 Å². The van der Waals surface area contributed by atoms with Gasteiger partial charge in [0.05, 0.1) is 16.3 Å². The molecule has 1 amide bonds. The van der Waals surface area contributed by atoms with Crippen LogP contribution in [0.1, 0.15) is 28.9 Å². The summed E-state index contributed by atoms with van der Waals surface area (Å²) < 4.78 is 1.66. The number of piperidine rings is 1. The Balaban J connectivity index is 0.00000144. The summed E-state index contributed by atoms with van der Waals surface area (Å²) >= 11 is 6.13. The zero-order valence-corrected chi connectivity index (χ0v) is 15.7. The molecule has 134 valence electrons. The van der Waals surface area contributed by atoms with Gasteiger partial charge in [0, 0.05) is 12.7 Å². The topological polar surface area (TPSA) is 84.5 Å². The number of aromatic nitrogens is 2. The number of aryl methyl sites for hydroxylation is 1. The standard InChI is InChI=1S/C15H20ClN5O.2ClH/c1-9-8-21-13(17)12(16)6-11(14(21)20-9)15(22)19-7-10-2-4-18-5-3-10;;/h6,8,10,18H,2-5,7,17H2,1H3,(H,19,22);2*1H. The van der Waals surface area contributed by atoms with Gasteiger partial charge >= 0.3 is 0 Å². The zero-order chi connectivity index (χ0) is 15.7. The summed E-state index contributed by atoms with van der Waals surface area (Å²) in [5.74, 6) is 0.759. The van der Waals surface area contributed by atoms with Gasteiger partial charge in [-0.3, -0.25) is 9.20 Å². The Bertz CT molecular complexity index is 713. The molecule has 0 saturated carbocycles. The third-order valence-corrected chi connectivity index (χ3v) is 4.40. The van der Waals surface area contributed by atoms with Crippen molar-refractivity contribution in [3.63, 3.8) is 0 Å². The summed E-state index contributed by atoms with van der Waals surface area (Å²) in [6.07, 6.45) is 3.95. The molecule has 24 heavy (non-hydrogen) atoms. The van der Waals surface area contributed by atoms with Crippen LogP contribution in [0, 0.1) is 12.8 Å². The van der Waals surface area contributed by atoms with Gasteiger partial charge in [-0.2, -0.15) is 0 Å². The molecule has 2 aromatic rings. The number of carbonyl (C=O) groups is 1. The quantitative estimate of drug-likeness (QED) is 0.746. The smallest absolute Gasteiger partial charge is 0.255 e. The highest BCUT2D eigenvalue weighted by molar-refractivity contribution is 6.33. The van der Waals surface area contributed by atoms with Crippen LogP contribution in [0.5, 0.6) is 0 Å². The first kappa shape index (κ1) is 20.8. The minimum Gasteiger partial charge on any atom is -0.384 e. The van der Waals surface area contributed by atoms with Crippen LogP contribution in [0.4, 0.5) is 5.82 Å². The summed E-state index contributed by atoms with van der Waals surface area (Å²) in [7, 11) is 0. The number of carbonyl (C=O) groups excluding carboxylic acids is 1. The van der Waals surface area contributed by atoms with Gasteiger partial charge < -0.3 is 16.4 Å². The summed E-state index contributed by atoms with van der Waals surface area (Å²) in [4.78, 5) is 16.9. The molecule has 1 fully saturated rings. The monoisotopic (exact) mass is 393 g/mol. The molecule has 6 nitrogen and oxygen atoms in total. The molecule has 0 atom stereocenters. The summed E-state index contributed by atoms with van der Waals surface area (Å²) in [5, 5.41) is 6.67. The summed E-state index contributed by atoms with van der Waals surface area (Å²) in [6, 6.07) is 1.59. The van der Waals surface area contributed by atoms with Crippen LogP contribution in [0.2, 0.25) is 5.02 Å². The Hall–Kier alpha value is -1.21. The number of hydrogen-bond acceptors (Lipinski definition) is 4. The maximum absolute atomic E-state index is 12.5. The van der Waals surface area contributed by atoms with E-state index in [1.54, 1.807) is 16.7 Å². The molecule has 9 heteroatoms. The Morgan fingerprint density at radius 3 is 2.79 bits per heavy atom. The maximum atomic E-state index is 12.5. The molecule has 0 aromatic carbocycles. The van der Waals surface area contributed by atoms with Gasteiger partial charge in [0.25, 0.3) is 5.91 Å². The lowest BCUT2D eigenvalue weighted by Gasteiger charge is -2.22. The number of nitrogens with one attached hydrogen (secondary N) is 2. The van der Waals surface area contributed by atoms with Crippen molar-refractivity contribution in [3.05, 3.63) is 28.5 Å². The molecule has 2 aromatic heterocycles. The van der Waals surface area contributed by atoms with Crippen LogP contribution in [0.3, 0.4) is 0 Å². The number of anilines is 1. The average molecular weight is 395 g/mol. The fourth-order valence-electron chi connectivity index (χ4n) is 2.84. The average Bonchev–Trinajstić information content (AvgIpc) is 2.91. The van der Waals surface area contributed by atoms with E-state index in [-0.39, 0.29) is 30.7 Å². The molecule has 0 aliphatic carbocycles. The van der Waals surface area contributed by atoms with Crippen LogP contribution in [-0.2, 0) is 0 Å². The van der Waals surface area contributed by atoms with E-state index in [4.69, 9.17) is 17.3 Å². The number of halogens is 3. The lowest BCUT2D eigenvalue weighted by atomic mass is 9.98. The van der Waals surface area contributed by atoms with Crippen molar-refractivity contribution in [3.8, 4) is 0 Å². The molecule has 0 spiro atoms. The summed E-state index contributed by atoms with van der Waals surface area (Å²) in [5.41, 5.74) is 7.74. The SMILES string of the molecule is Cc1cn2c(N)c(Cl)cc(C(=O)NCC3CCNCC3)c2n1.Cl.Cl. The van der Waals surface area contributed by atoms with Crippen LogP contribution in [-0.4, -0.2) is 34.9 Å². The van der Waals surface area contributed by atoms with Gasteiger partial charge in [0.2, 0.25) is 0 Å². The molecule has 1 aliphatic heterocycles. The second kappa shape index (κ2) is 8.76. The van der Waals surface area contributed by atoms with Gasteiger partial charge in [0.15, 0.2) is 5.65 Å². The largest absolute Gasteiger partial charge is 0.384 e. The number of nitrogens with zero attached hydrogens (tertiary/aromatic N) is 2. The van der Waals surface area contributed by atoms with Crippen LogP contribution < -0.4 is 16.4 Å². The van der Waals surface area contributed by atoms with E-state index in [1.165, 1.54) is 0 Å². The van der Waals surface area contributed by atoms with E-state index in [9.17, 15) is 4.79 Å². The number of nitrogen functional groups attached to an aromatic ring is 1. The van der Waals surface area contributed by atoms with Gasteiger partial charge in [0.1, 0.15) is 5.82 Å². The second-order valence-electron chi connectivity index (χ2n) is 5.77. The predicted octanol–water partition coefficient (Wildman–Crippen LogP) is 2.45. The van der Waals surface area contributed by atoms with Crippen LogP contribution in [0.25, 0.3) is 5.65 Å². The molecule has 0 radical (unpaired) electrons. The molecule has 1 aliphatic rings. The number of rotatable bonds is 3. The van der Waals surface area contributed by atoms with Crippen molar-refractivity contribution >= 4 is 53.8 Å². The van der Waals surface area contributed by atoms with Gasteiger partial charge in [-0.1, -0.05) is 11.6 Å². The zero-order valence-electron chi connectivity index (χ0n) is 13.3. The highest BCUT2D eigenvalue weighted by Gasteiger charge is 2.19. The van der Waals surface area contributed by atoms with E-state index in [1.807, 2.05) is 6.92 Å². The number of hydrogen-bond donors (Lipinski definition) is 3. The van der Waals surface area contributed by atoms with Crippen molar-refractivity contribution in [2.75, 3.05) is 25.4 Å². The lowest BCUT2D eigenvalue weighted by Crippen LogP contribution is -2.36. The van der Waals surface area contributed by atoms with Crippen LogP contribution >= 0.6 is 36.4 Å². The molecule has 0 bridgehead atoms. The van der Waals surface area contributed by atoms with Crippen molar-refractivity contribution < 1.29 is 4.79 Å². The number of fused-ring (bicyclic) bond motifs is 1. The number of imidazole rings is 1. The fraction of sp³-hybridized carbons (Fsp3) is 0.467. The third-order valence-electron chi connectivity index (χ3n) is 4.10. The molecular formula is C15H22Cl3N5O. The number of pyridine rings is 1. The fourth-order valence-corrected chi connectivity index (χ4v) is 3.04. The molecule has 0 unspecified atom stereocenters. The van der Waals surface area contributed by atoms with Crippen molar-refractivity contribution in [1.82, 2.24) is 20.0 Å². The third kappa shape index (κ3) is 4.25. The number of nitrogens with two attached hydrogens (primary N) is 1. The highest BCUT2D eigenvalue weighted by atomic mass is 35.5. The highest BCUT2D eigenvalue weighted by Crippen LogP contribution is 2.24. The van der Waals surface area contributed by atoms with E-state index in [0.717, 1.165) is 31.6 Å². The minimum absolute atomic E-state index is 0. The van der Waals surface area contributed by atoms with Crippen molar-refractivity contribution in [1.29, 1.82) is 0 Å². The molecular weight excluding hydrogens is 373 g/mol. The first-order valence-corrected chi connectivity index (χ1v) is 7.86. The van der Waals surface area contributed by atoms with Crippen LogP contribution in [0.15, 0.2) is 12.3 Å². The Labute approximate surface area is 158 Å². The summed E-state index contributed by atoms with van der Waals surface area (Å²) in [6.45, 7) is 4.56. The lowest BCUT2D eigenvalue weighted by molar-refractivity contribution is 0.0945. The van der Waals surface area contributed by atoms with E-state index >= 15 is 0 Å². The van der Waals surface area contributed by atoms with E-state index < -0.39 is 0 Å². The minimum atomic E-state index is -0.156. The van der Waals surface area contributed by atoms with Crippen molar-refractivity contribution in [2.24, 2.45) is 5.92 Å². The molecule has 3 rings (SSSR count). The molecule has 3 heterocycles. The Morgan fingerprint density at radius 1 is 1.46 bits per heavy atom. The molecule has 1 saturated heterocycles. The van der Waals surface area contributed by atoms with Gasteiger partial charge in [-0.05, 0) is 44.8 Å². The Kier molecular flexibility index (Phi) is 7.60. The maximum Gasteiger partial charge on any atom is 0.255 e. The van der Waals surface area contributed by atoms with Crippen molar-refractivity contribution in [2.45, 2.75) is 19.8 Å². The van der Waals surface area contributed by atoms with Gasteiger partial charge in [-0.25, -0.2) is 4.98 Å². The van der Waals surface area contributed by atoms with E-state index in [2.05, 4.69) is 15.6 Å². The molecule has 4 N–H and O–H groups in total. The second-order valence-corrected chi connectivity index (χ2v) is 6.18. The first-order chi connectivity index (χ1) is 10.6. The number of amides is 1. The Morgan fingerprint density at radius 2 is 2.12 bits per heavy atom. The predicted molar refractivity (Wildman–Crippen MR) is 102 cm³/mol. The first-order valence-electron chi connectivity index (χ1n) is 7.49.